The molecule has 1 aromatic carbocycles. The van der Waals surface area contributed by atoms with Gasteiger partial charge in [-0.3, -0.25) is 20.0 Å². The summed E-state index contributed by atoms with van der Waals surface area (Å²) in [5.41, 5.74) is 3.74. The molecule has 1 aromatic heterocycles. The van der Waals surface area contributed by atoms with Crippen LogP contribution < -0.4 is 5.43 Å². The van der Waals surface area contributed by atoms with Crippen molar-refractivity contribution in [3.63, 3.8) is 0 Å². The number of carbonyl (C=O) groups excluding carboxylic acids is 1. The SMILES string of the molecule is CC(C)(C)c1cc(C(=O)NN=Cc2cccc([N+](=O)[O-])c2)n[nH]1. The van der Waals surface area contributed by atoms with Crippen molar-refractivity contribution in [2.24, 2.45) is 5.10 Å². The van der Waals surface area contributed by atoms with Gasteiger partial charge in [-0.05, 0) is 6.07 Å². The average Bonchev–Trinajstić information content (AvgIpc) is 2.97. The van der Waals surface area contributed by atoms with Crippen LogP contribution in [0.4, 0.5) is 5.69 Å². The topological polar surface area (TPSA) is 113 Å². The van der Waals surface area contributed by atoms with E-state index in [1.807, 2.05) is 20.8 Å². The van der Waals surface area contributed by atoms with Crippen LogP contribution in [0.15, 0.2) is 35.4 Å². The number of nitrogens with one attached hydrogen (secondary N) is 2. The van der Waals surface area contributed by atoms with E-state index in [-0.39, 0.29) is 16.8 Å². The molecule has 2 rings (SSSR count). The molecule has 0 saturated carbocycles. The van der Waals surface area contributed by atoms with Crippen LogP contribution in [-0.2, 0) is 5.41 Å². The second-order valence-corrected chi connectivity index (χ2v) is 5.97. The Balaban J connectivity index is 2.03. The summed E-state index contributed by atoms with van der Waals surface area (Å²) in [6.45, 7) is 6.01. The lowest BCUT2D eigenvalue weighted by molar-refractivity contribution is -0.384. The molecule has 0 atom stereocenters. The number of nitro groups is 1. The van der Waals surface area contributed by atoms with Gasteiger partial charge in [-0.15, -0.1) is 0 Å². The molecule has 0 saturated heterocycles. The van der Waals surface area contributed by atoms with E-state index in [9.17, 15) is 14.9 Å². The Labute approximate surface area is 132 Å². The Hall–Kier alpha value is -3.03. The molecular formula is C15H17N5O3. The zero-order valence-electron chi connectivity index (χ0n) is 13.0. The molecule has 1 amide bonds. The van der Waals surface area contributed by atoms with Gasteiger partial charge in [0.2, 0.25) is 0 Å². The minimum absolute atomic E-state index is 0.0394. The second-order valence-electron chi connectivity index (χ2n) is 5.97. The van der Waals surface area contributed by atoms with Crippen molar-refractivity contribution in [1.82, 2.24) is 15.6 Å². The maximum absolute atomic E-state index is 11.9. The van der Waals surface area contributed by atoms with Gasteiger partial charge in [-0.25, -0.2) is 5.43 Å². The van der Waals surface area contributed by atoms with Crippen LogP contribution in [0.25, 0.3) is 0 Å². The standard InChI is InChI=1S/C15H17N5O3/c1-15(2,3)13-8-12(17-18-13)14(21)19-16-9-10-5-4-6-11(7-10)20(22)23/h4-9H,1-3H3,(H,17,18)(H,19,21). The van der Waals surface area contributed by atoms with Crippen molar-refractivity contribution in [3.8, 4) is 0 Å². The normalized spacial score (nSPS) is 11.6. The first-order valence-electron chi connectivity index (χ1n) is 6.91. The number of aromatic amines is 1. The second kappa shape index (κ2) is 6.39. The number of aromatic nitrogens is 2. The smallest absolute Gasteiger partial charge is 0.281 e. The molecule has 0 aliphatic carbocycles. The molecule has 0 aliphatic rings. The summed E-state index contributed by atoms with van der Waals surface area (Å²) >= 11 is 0. The van der Waals surface area contributed by atoms with Crippen LogP contribution in [-0.4, -0.2) is 27.2 Å². The minimum atomic E-state index is -0.492. The highest BCUT2D eigenvalue weighted by Crippen LogP contribution is 2.20. The number of carbonyl (C=O) groups is 1. The van der Waals surface area contributed by atoms with E-state index in [1.165, 1.54) is 18.3 Å². The Morgan fingerprint density at radius 1 is 1.39 bits per heavy atom. The molecule has 1 heterocycles. The molecule has 2 aromatic rings. The molecule has 0 unspecified atom stereocenters. The molecule has 23 heavy (non-hydrogen) atoms. The van der Waals surface area contributed by atoms with E-state index >= 15 is 0 Å². The van der Waals surface area contributed by atoms with Gasteiger partial charge in [0.1, 0.15) is 0 Å². The third-order valence-electron chi connectivity index (χ3n) is 3.08. The highest BCUT2D eigenvalue weighted by molar-refractivity contribution is 5.93. The van der Waals surface area contributed by atoms with Crippen molar-refractivity contribution in [2.75, 3.05) is 0 Å². The molecule has 0 aliphatic heterocycles. The number of H-pyrrole nitrogens is 1. The summed E-state index contributed by atoms with van der Waals surface area (Å²) in [6, 6.07) is 7.60. The molecule has 8 nitrogen and oxygen atoms in total. The first kappa shape index (κ1) is 16.3. The highest BCUT2D eigenvalue weighted by Gasteiger charge is 2.19. The summed E-state index contributed by atoms with van der Waals surface area (Å²) in [6.07, 6.45) is 1.34. The number of hydrazone groups is 1. The number of non-ortho nitro benzene ring substituents is 1. The first-order chi connectivity index (χ1) is 10.8. The molecule has 2 N–H and O–H groups in total. The van der Waals surface area contributed by atoms with Crippen LogP contribution in [0.3, 0.4) is 0 Å². The van der Waals surface area contributed by atoms with Crippen molar-refractivity contribution in [3.05, 3.63) is 57.4 Å². The van der Waals surface area contributed by atoms with Crippen molar-refractivity contribution < 1.29 is 9.72 Å². The van der Waals surface area contributed by atoms with Crippen molar-refractivity contribution in [1.29, 1.82) is 0 Å². The Kier molecular flexibility index (Phi) is 4.54. The predicted octanol–water partition coefficient (Wildman–Crippen LogP) is 2.38. The number of benzene rings is 1. The van der Waals surface area contributed by atoms with E-state index in [1.54, 1.807) is 18.2 Å². The predicted molar refractivity (Wildman–Crippen MR) is 85.4 cm³/mol. The lowest BCUT2D eigenvalue weighted by atomic mass is 9.92. The van der Waals surface area contributed by atoms with Gasteiger partial charge in [0.05, 0.1) is 11.1 Å². The number of hydrogen-bond donors (Lipinski definition) is 2. The highest BCUT2D eigenvalue weighted by atomic mass is 16.6. The fourth-order valence-corrected chi connectivity index (χ4v) is 1.76. The Morgan fingerprint density at radius 3 is 2.74 bits per heavy atom. The number of amides is 1. The quantitative estimate of drug-likeness (QED) is 0.512. The third kappa shape index (κ3) is 4.22. The molecule has 8 heteroatoms. The van der Waals surface area contributed by atoms with Gasteiger partial charge < -0.3 is 0 Å². The van der Waals surface area contributed by atoms with Gasteiger partial charge in [-0.2, -0.15) is 10.2 Å². The minimum Gasteiger partial charge on any atom is -0.281 e. The van der Waals surface area contributed by atoms with Crippen molar-refractivity contribution in [2.45, 2.75) is 26.2 Å². The summed E-state index contributed by atoms with van der Waals surface area (Å²) in [7, 11) is 0. The number of hydrogen-bond acceptors (Lipinski definition) is 5. The van der Waals surface area contributed by atoms with Crippen LogP contribution in [0.1, 0.15) is 42.5 Å². The van der Waals surface area contributed by atoms with Crippen LogP contribution in [0, 0.1) is 10.1 Å². The Bertz CT molecular complexity index is 758. The fourth-order valence-electron chi connectivity index (χ4n) is 1.76. The van der Waals surface area contributed by atoms with Crippen LogP contribution in [0.5, 0.6) is 0 Å². The number of nitrogens with zero attached hydrogens (tertiary/aromatic N) is 3. The molecule has 0 bridgehead atoms. The molecule has 0 fully saturated rings. The monoisotopic (exact) mass is 315 g/mol. The van der Waals surface area contributed by atoms with Gasteiger partial charge in [-0.1, -0.05) is 32.9 Å². The first-order valence-corrected chi connectivity index (χ1v) is 6.91. The molecule has 0 spiro atoms. The average molecular weight is 315 g/mol. The Morgan fingerprint density at radius 2 is 2.13 bits per heavy atom. The van der Waals surface area contributed by atoms with Gasteiger partial charge in [0.15, 0.2) is 5.69 Å². The summed E-state index contributed by atoms with van der Waals surface area (Å²) in [5, 5.41) is 21.2. The van der Waals surface area contributed by atoms with Gasteiger partial charge in [0.25, 0.3) is 11.6 Å². The third-order valence-corrected chi connectivity index (χ3v) is 3.08. The molecule has 0 radical (unpaired) electrons. The van der Waals surface area contributed by atoms with Crippen LogP contribution in [0.2, 0.25) is 0 Å². The molecular weight excluding hydrogens is 298 g/mol. The van der Waals surface area contributed by atoms with Crippen LogP contribution >= 0.6 is 0 Å². The summed E-state index contributed by atoms with van der Waals surface area (Å²) in [4.78, 5) is 22.1. The van der Waals surface area contributed by atoms with Gasteiger partial charge >= 0.3 is 0 Å². The fraction of sp³-hybridized carbons (Fsp3) is 0.267. The number of nitro benzene ring substituents is 1. The van der Waals surface area contributed by atoms with E-state index in [2.05, 4.69) is 20.7 Å². The summed E-state index contributed by atoms with van der Waals surface area (Å²) in [5.74, 6) is -0.460. The lowest BCUT2D eigenvalue weighted by Crippen LogP contribution is -2.18. The zero-order chi connectivity index (χ0) is 17.0. The van der Waals surface area contributed by atoms with E-state index in [0.717, 1.165) is 5.69 Å². The largest absolute Gasteiger partial charge is 0.291 e. The van der Waals surface area contributed by atoms with E-state index < -0.39 is 10.8 Å². The van der Waals surface area contributed by atoms with E-state index in [0.29, 0.717) is 5.56 Å². The molecule has 120 valence electrons. The maximum Gasteiger partial charge on any atom is 0.291 e. The van der Waals surface area contributed by atoms with Gasteiger partial charge in [0, 0.05) is 28.8 Å². The van der Waals surface area contributed by atoms with E-state index in [4.69, 9.17) is 0 Å². The maximum atomic E-state index is 11.9. The zero-order valence-corrected chi connectivity index (χ0v) is 13.0. The van der Waals surface area contributed by atoms with Crippen molar-refractivity contribution >= 4 is 17.8 Å². The lowest BCUT2D eigenvalue weighted by Gasteiger charge is -2.14. The number of rotatable bonds is 4. The summed E-state index contributed by atoms with van der Waals surface area (Å²) < 4.78 is 0.